The molecule has 23 heavy (non-hydrogen) atoms. The molecule has 2 aliphatic rings. The van der Waals surface area contributed by atoms with Gasteiger partial charge in [-0.1, -0.05) is 18.2 Å². The first-order chi connectivity index (χ1) is 11.4. The molecule has 2 aromatic rings. The van der Waals surface area contributed by atoms with Crippen LogP contribution in [0.4, 0.5) is 0 Å². The molecule has 5 heteroatoms. The summed E-state index contributed by atoms with van der Waals surface area (Å²) in [6.45, 7) is 5.27. The zero-order valence-electron chi connectivity index (χ0n) is 13.4. The Hall–Kier alpha value is -1.85. The number of hydrogen-bond acceptors (Lipinski definition) is 4. The summed E-state index contributed by atoms with van der Waals surface area (Å²) in [5.41, 5.74) is 2.36. The minimum atomic E-state index is 0.477. The van der Waals surface area contributed by atoms with E-state index in [1.54, 1.807) is 0 Å². The van der Waals surface area contributed by atoms with Gasteiger partial charge in [-0.05, 0) is 31.0 Å². The number of morpholine rings is 1. The van der Waals surface area contributed by atoms with Crippen molar-refractivity contribution in [2.24, 2.45) is 0 Å². The summed E-state index contributed by atoms with van der Waals surface area (Å²) in [5, 5.41) is 4.74. The van der Waals surface area contributed by atoms with Crippen LogP contribution in [0.25, 0.3) is 0 Å². The van der Waals surface area contributed by atoms with Crippen molar-refractivity contribution in [3.05, 3.63) is 47.8 Å². The first kappa shape index (κ1) is 14.7. The van der Waals surface area contributed by atoms with Crippen molar-refractivity contribution in [2.45, 2.75) is 32.0 Å². The van der Waals surface area contributed by atoms with Gasteiger partial charge in [0, 0.05) is 19.6 Å². The molecular weight excluding hydrogens is 290 g/mol. The normalized spacial score (nSPS) is 21.8. The van der Waals surface area contributed by atoms with Crippen LogP contribution in [0.5, 0.6) is 5.75 Å². The molecule has 5 nitrogen and oxygen atoms in total. The Labute approximate surface area is 136 Å². The maximum absolute atomic E-state index is 5.84. The Balaban J connectivity index is 1.48. The summed E-state index contributed by atoms with van der Waals surface area (Å²) in [7, 11) is 0. The van der Waals surface area contributed by atoms with Gasteiger partial charge in [-0.3, -0.25) is 9.58 Å². The van der Waals surface area contributed by atoms with Crippen molar-refractivity contribution in [1.82, 2.24) is 14.7 Å². The SMILES string of the molecule is c1ccc(OCc2cc3n(n2)CCCC3N2CCOCC2)cc1. The number of hydrogen-bond donors (Lipinski definition) is 0. The van der Waals surface area contributed by atoms with Gasteiger partial charge in [0.05, 0.1) is 24.9 Å². The average Bonchev–Trinajstić information content (AvgIpc) is 3.04. The molecule has 0 amide bonds. The smallest absolute Gasteiger partial charge is 0.132 e. The Bertz CT molecular complexity index is 635. The molecule has 1 saturated heterocycles. The second-order valence-corrected chi connectivity index (χ2v) is 6.19. The molecule has 1 unspecified atom stereocenters. The minimum absolute atomic E-state index is 0.477. The molecule has 122 valence electrons. The summed E-state index contributed by atoms with van der Waals surface area (Å²) in [5.74, 6) is 0.892. The predicted molar refractivity (Wildman–Crippen MR) is 87.4 cm³/mol. The third-order valence-corrected chi connectivity index (χ3v) is 4.67. The second kappa shape index (κ2) is 6.72. The first-order valence-corrected chi connectivity index (χ1v) is 8.46. The number of ether oxygens (including phenoxy) is 2. The quantitative estimate of drug-likeness (QED) is 0.870. The number of rotatable bonds is 4. The summed E-state index contributed by atoms with van der Waals surface area (Å²) < 4.78 is 13.5. The van der Waals surface area contributed by atoms with Crippen LogP contribution < -0.4 is 4.74 Å². The molecular formula is C18H23N3O2. The van der Waals surface area contributed by atoms with E-state index in [2.05, 4.69) is 15.6 Å². The van der Waals surface area contributed by atoms with E-state index >= 15 is 0 Å². The molecule has 1 aromatic carbocycles. The molecule has 0 spiro atoms. The minimum Gasteiger partial charge on any atom is -0.487 e. The molecule has 3 heterocycles. The van der Waals surface area contributed by atoms with Crippen LogP contribution in [-0.2, 0) is 17.9 Å². The van der Waals surface area contributed by atoms with Gasteiger partial charge >= 0.3 is 0 Å². The van der Waals surface area contributed by atoms with Crippen LogP contribution in [0.2, 0.25) is 0 Å². The van der Waals surface area contributed by atoms with E-state index in [-0.39, 0.29) is 0 Å². The van der Waals surface area contributed by atoms with Crippen LogP contribution in [0, 0.1) is 0 Å². The van der Waals surface area contributed by atoms with E-state index < -0.39 is 0 Å². The Morgan fingerprint density at radius 2 is 1.96 bits per heavy atom. The van der Waals surface area contributed by atoms with Gasteiger partial charge in [-0.15, -0.1) is 0 Å². The molecule has 0 saturated carbocycles. The lowest BCUT2D eigenvalue weighted by Crippen LogP contribution is -2.41. The zero-order chi connectivity index (χ0) is 15.5. The number of aryl methyl sites for hydroxylation is 1. The van der Waals surface area contributed by atoms with Crippen molar-refractivity contribution in [1.29, 1.82) is 0 Å². The van der Waals surface area contributed by atoms with Crippen molar-refractivity contribution < 1.29 is 9.47 Å². The van der Waals surface area contributed by atoms with Crippen LogP contribution in [-0.4, -0.2) is 41.0 Å². The fraction of sp³-hybridized carbons (Fsp3) is 0.500. The van der Waals surface area contributed by atoms with Crippen molar-refractivity contribution in [2.75, 3.05) is 26.3 Å². The second-order valence-electron chi connectivity index (χ2n) is 6.19. The molecule has 0 radical (unpaired) electrons. The number of para-hydroxylation sites is 1. The summed E-state index contributed by atoms with van der Waals surface area (Å²) in [4.78, 5) is 2.54. The van der Waals surface area contributed by atoms with Crippen LogP contribution in [0.3, 0.4) is 0 Å². The molecule has 1 fully saturated rings. The standard InChI is InChI=1S/C18H23N3O2/c1-2-5-16(6-3-1)23-14-15-13-18-17(7-4-8-21(18)19-15)20-9-11-22-12-10-20/h1-3,5-6,13,17H,4,7-12,14H2. The molecule has 0 N–H and O–H groups in total. The zero-order valence-corrected chi connectivity index (χ0v) is 13.4. The lowest BCUT2D eigenvalue weighted by Gasteiger charge is -2.36. The van der Waals surface area contributed by atoms with E-state index in [0.29, 0.717) is 12.6 Å². The maximum Gasteiger partial charge on any atom is 0.132 e. The van der Waals surface area contributed by atoms with Gasteiger partial charge in [0.2, 0.25) is 0 Å². The Kier molecular flexibility index (Phi) is 4.30. The van der Waals surface area contributed by atoms with Gasteiger partial charge in [0.1, 0.15) is 18.1 Å². The van der Waals surface area contributed by atoms with Crippen molar-refractivity contribution in [3.63, 3.8) is 0 Å². The van der Waals surface area contributed by atoms with E-state index in [1.807, 2.05) is 30.3 Å². The highest BCUT2D eigenvalue weighted by molar-refractivity contribution is 5.22. The van der Waals surface area contributed by atoms with E-state index in [1.165, 1.54) is 18.5 Å². The summed E-state index contributed by atoms with van der Waals surface area (Å²) in [6, 6.07) is 12.6. The molecule has 1 atom stereocenters. The highest BCUT2D eigenvalue weighted by atomic mass is 16.5. The Morgan fingerprint density at radius 1 is 1.13 bits per heavy atom. The van der Waals surface area contributed by atoms with Crippen LogP contribution in [0.15, 0.2) is 36.4 Å². The third-order valence-electron chi connectivity index (χ3n) is 4.67. The van der Waals surface area contributed by atoms with Gasteiger partial charge < -0.3 is 9.47 Å². The topological polar surface area (TPSA) is 39.5 Å². The highest BCUT2D eigenvalue weighted by Crippen LogP contribution is 2.31. The molecule has 0 aliphatic carbocycles. The third kappa shape index (κ3) is 3.26. The lowest BCUT2D eigenvalue weighted by molar-refractivity contribution is 0.00883. The Morgan fingerprint density at radius 3 is 2.78 bits per heavy atom. The predicted octanol–water partition coefficient (Wildman–Crippen LogP) is 2.63. The summed E-state index contributed by atoms with van der Waals surface area (Å²) >= 11 is 0. The van der Waals surface area contributed by atoms with Gasteiger partial charge in [-0.2, -0.15) is 5.10 Å². The summed E-state index contributed by atoms with van der Waals surface area (Å²) in [6.07, 6.45) is 2.40. The molecule has 4 rings (SSSR count). The van der Waals surface area contributed by atoms with Gasteiger partial charge in [0.15, 0.2) is 0 Å². The molecule has 2 aliphatic heterocycles. The van der Waals surface area contributed by atoms with Crippen molar-refractivity contribution in [3.8, 4) is 5.75 Å². The number of nitrogens with zero attached hydrogens (tertiary/aromatic N) is 3. The van der Waals surface area contributed by atoms with Crippen LogP contribution in [0.1, 0.15) is 30.3 Å². The highest BCUT2D eigenvalue weighted by Gasteiger charge is 2.28. The molecule has 1 aromatic heterocycles. The maximum atomic E-state index is 5.84. The monoisotopic (exact) mass is 313 g/mol. The average molecular weight is 313 g/mol. The first-order valence-electron chi connectivity index (χ1n) is 8.46. The van der Waals surface area contributed by atoms with Crippen molar-refractivity contribution >= 4 is 0 Å². The van der Waals surface area contributed by atoms with E-state index in [4.69, 9.17) is 14.6 Å². The van der Waals surface area contributed by atoms with E-state index in [0.717, 1.165) is 44.3 Å². The van der Waals surface area contributed by atoms with Crippen LogP contribution >= 0.6 is 0 Å². The van der Waals surface area contributed by atoms with Gasteiger partial charge in [-0.25, -0.2) is 0 Å². The van der Waals surface area contributed by atoms with E-state index in [9.17, 15) is 0 Å². The number of benzene rings is 1. The fourth-order valence-corrected chi connectivity index (χ4v) is 3.52. The lowest BCUT2D eigenvalue weighted by atomic mass is 10.0. The fourth-order valence-electron chi connectivity index (χ4n) is 3.52. The van der Waals surface area contributed by atoms with Gasteiger partial charge in [0.25, 0.3) is 0 Å². The largest absolute Gasteiger partial charge is 0.487 e. The number of fused-ring (bicyclic) bond motifs is 1. The number of aromatic nitrogens is 2. The molecule has 0 bridgehead atoms.